The van der Waals surface area contributed by atoms with Gasteiger partial charge in [0, 0.05) is 37.4 Å². The number of anilines is 1. The highest BCUT2D eigenvalue weighted by Crippen LogP contribution is 2.26. The average Bonchev–Trinajstić information content (AvgIpc) is 2.70. The van der Waals surface area contributed by atoms with E-state index in [1.54, 1.807) is 23.1 Å². The topological polar surface area (TPSA) is 69.7 Å². The van der Waals surface area contributed by atoms with Crippen molar-refractivity contribution in [1.29, 1.82) is 0 Å². The van der Waals surface area contributed by atoms with Crippen molar-refractivity contribution in [3.63, 3.8) is 0 Å². The molecule has 3 rings (SSSR count). The maximum atomic E-state index is 12.9. The van der Waals surface area contributed by atoms with Gasteiger partial charge in [0.2, 0.25) is 0 Å². The van der Waals surface area contributed by atoms with Crippen molar-refractivity contribution >= 4 is 33.2 Å². The van der Waals surface area contributed by atoms with Crippen LogP contribution in [0.4, 0.5) is 5.69 Å². The SMILES string of the molecule is CCN1CCN(C(=O)c2ccc(Cl)c(S(=O)(=O)Nc3ccc(C)c(C)c3)c2)CC1. The maximum Gasteiger partial charge on any atom is 0.263 e. The summed E-state index contributed by atoms with van der Waals surface area (Å²) in [6.45, 7) is 9.80. The highest BCUT2D eigenvalue weighted by Gasteiger charge is 2.25. The van der Waals surface area contributed by atoms with Gasteiger partial charge in [0.05, 0.1) is 5.02 Å². The summed E-state index contributed by atoms with van der Waals surface area (Å²) in [5.74, 6) is -0.181. The highest BCUT2D eigenvalue weighted by atomic mass is 35.5. The fourth-order valence-electron chi connectivity index (χ4n) is 3.31. The van der Waals surface area contributed by atoms with Crippen molar-refractivity contribution in [3.05, 3.63) is 58.1 Å². The van der Waals surface area contributed by atoms with Crippen LogP contribution in [0.2, 0.25) is 5.02 Å². The predicted molar refractivity (Wildman–Crippen MR) is 116 cm³/mol. The molecule has 0 aliphatic carbocycles. The van der Waals surface area contributed by atoms with Gasteiger partial charge in [0.1, 0.15) is 4.90 Å². The molecule has 0 aromatic heterocycles. The van der Waals surface area contributed by atoms with Crippen LogP contribution in [0.3, 0.4) is 0 Å². The third-order valence-corrected chi connectivity index (χ3v) is 7.20. The molecule has 2 aromatic carbocycles. The molecule has 0 saturated carbocycles. The molecule has 1 aliphatic rings. The largest absolute Gasteiger partial charge is 0.336 e. The first kappa shape index (κ1) is 21.6. The molecule has 1 aliphatic heterocycles. The van der Waals surface area contributed by atoms with E-state index < -0.39 is 10.0 Å². The van der Waals surface area contributed by atoms with Gasteiger partial charge >= 0.3 is 0 Å². The van der Waals surface area contributed by atoms with Gasteiger partial charge in [-0.3, -0.25) is 9.52 Å². The number of amides is 1. The minimum Gasteiger partial charge on any atom is -0.336 e. The summed E-state index contributed by atoms with van der Waals surface area (Å²) in [6, 6.07) is 9.72. The fourth-order valence-corrected chi connectivity index (χ4v) is 4.88. The van der Waals surface area contributed by atoms with E-state index in [2.05, 4.69) is 16.5 Å². The molecule has 1 heterocycles. The zero-order valence-corrected chi connectivity index (χ0v) is 18.5. The van der Waals surface area contributed by atoms with Gasteiger partial charge in [-0.15, -0.1) is 0 Å². The maximum absolute atomic E-state index is 12.9. The van der Waals surface area contributed by atoms with E-state index in [0.29, 0.717) is 24.3 Å². The van der Waals surface area contributed by atoms with Crippen LogP contribution >= 0.6 is 11.6 Å². The number of hydrogen-bond donors (Lipinski definition) is 1. The second kappa shape index (κ2) is 8.73. The van der Waals surface area contributed by atoms with Crippen LogP contribution in [-0.2, 0) is 10.0 Å². The summed E-state index contributed by atoms with van der Waals surface area (Å²) in [6.07, 6.45) is 0. The number of nitrogens with one attached hydrogen (secondary N) is 1. The van der Waals surface area contributed by atoms with E-state index in [0.717, 1.165) is 30.8 Å². The molecule has 0 unspecified atom stereocenters. The second-order valence-corrected chi connectivity index (χ2v) is 9.33. The minimum absolute atomic E-state index is 0.0775. The molecule has 1 saturated heterocycles. The first-order valence-electron chi connectivity index (χ1n) is 9.62. The Morgan fingerprint density at radius 1 is 1.03 bits per heavy atom. The van der Waals surface area contributed by atoms with E-state index >= 15 is 0 Å². The van der Waals surface area contributed by atoms with Crippen molar-refractivity contribution in [1.82, 2.24) is 9.80 Å². The van der Waals surface area contributed by atoms with Crippen LogP contribution in [0.5, 0.6) is 0 Å². The number of benzene rings is 2. The number of halogens is 1. The fraction of sp³-hybridized carbons (Fsp3) is 0.381. The number of piperazine rings is 1. The summed E-state index contributed by atoms with van der Waals surface area (Å²) in [5.41, 5.74) is 2.82. The number of sulfonamides is 1. The van der Waals surface area contributed by atoms with Gasteiger partial charge in [-0.1, -0.05) is 24.6 Å². The Bertz CT molecular complexity index is 1020. The molecule has 29 heavy (non-hydrogen) atoms. The molecule has 1 amide bonds. The molecule has 0 radical (unpaired) electrons. The molecular weight excluding hydrogens is 410 g/mol. The third-order valence-electron chi connectivity index (χ3n) is 5.33. The summed E-state index contributed by atoms with van der Waals surface area (Å²) >= 11 is 6.18. The van der Waals surface area contributed by atoms with E-state index in [4.69, 9.17) is 11.6 Å². The number of aryl methyl sites for hydroxylation is 2. The summed E-state index contributed by atoms with van der Waals surface area (Å²) in [4.78, 5) is 16.8. The van der Waals surface area contributed by atoms with E-state index in [9.17, 15) is 13.2 Å². The normalized spacial score (nSPS) is 15.4. The van der Waals surface area contributed by atoms with Crippen LogP contribution in [0.15, 0.2) is 41.3 Å². The van der Waals surface area contributed by atoms with Crippen LogP contribution in [0.1, 0.15) is 28.4 Å². The van der Waals surface area contributed by atoms with Crippen molar-refractivity contribution in [2.75, 3.05) is 37.4 Å². The Labute approximate surface area is 177 Å². The Balaban J connectivity index is 1.84. The van der Waals surface area contributed by atoms with E-state index in [1.165, 1.54) is 12.1 Å². The monoisotopic (exact) mass is 435 g/mol. The number of carbonyl (C=O) groups is 1. The number of carbonyl (C=O) groups excluding carboxylic acids is 1. The summed E-state index contributed by atoms with van der Waals surface area (Å²) in [7, 11) is -3.93. The van der Waals surface area contributed by atoms with Crippen LogP contribution in [0, 0.1) is 13.8 Å². The smallest absolute Gasteiger partial charge is 0.263 e. The van der Waals surface area contributed by atoms with Gasteiger partial charge in [-0.2, -0.15) is 0 Å². The number of likely N-dealkylation sites (N-methyl/N-ethyl adjacent to an activating group) is 1. The molecule has 0 atom stereocenters. The van der Waals surface area contributed by atoms with Crippen molar-refractivity contribution in [3.8, 4) is 0 Å². The number of nitrogens with zero attached hydrogens (tertiary/aromatic N) is 2. The van der Waals surface area contributed by atoms with Crippen LogP contribution in [-0.4, -0.2) is 56.8 Å². The quantitative estimate of drug-likeness (QED) is 0.779. The molecule has 0 bridgehead atoms. The standard InChI is InChI=1S/C21H26ClN3O3S/c1-4-24-9-11-25(12-10-24)21(26)17-6-8-19(22)20(14-17)29(27,28)23-18-7-5-15(2)16(3)13-18/h5-8,13-14,23H,4,9-12H2,1-3H3. The van der Waals surface area contributed by atoms with Crippen molar-refractivity contribution in [2.45, 2.75) is 25.7 Å². The van der Waals surface area contributed by atoms with E-state index in [1.807, 2.05) is 19.9 Å². The Morgan fingerprint density at radius 2 is 1.72 bits per heavy atom. The summed E-state index contributed by atoms with van der Waals surface area (Å²) in [5, 5.41) is 0.0775. The minimum atomic E-state index is -3.93. The molecular formula is C21H26ClN3O3S. The average molecular weight is 436 g/mol. The first-order chi connectivity index (χ1) is 13.7. The first-order valence-corrected chi connectivity index (χ1v) is 11.5. The van der Waals surface area contributed by atoms with Crippen LogP contribution in [0.25, 0.3) is 0 Å². The Kier molecular flexibility index (Phi) is 6.51. The lowest BCUT2D eigenvalue weighted by Crippen LogP contribution is -2.48. The second-order valence-electron chi connectivity index (χ2n) is 7.28. The van der Waals surface area contributed by atoms with Gasteiger partial charge < -0.3 is 9.80 Å². The molecule has 156 valence electrons. The predicted octanol–water partition coefficient (Wildman–Crippen LogP) is 3.54. The van der Waals surface area contributed by atoms with Crippen LogP contribution < -0.4 is 4.72 Å². The third kappa shape index (κ3) is 4.91. The Morgan fingerprint density at radius 3 is 2.34 bits per heavy atom. The molecule has 1 fully saturated rings. The van der Waals surface area contributed by atoms with Gasteiger partial charge in [-0.05, 0) is 61.9 Å². The zero-order valence-electron chi connectivity index (χ0n) is 16.9. The van der Waals surface area contributed by atoms with Gasteiger partial charge in [0.15, 0.2) is 0 Å². The number of rotatable bonds is 5. The molecule has 1 N–H and O–H groups in total. The highest BCUT2D eigenvalue weighted by molar-refractivity contribution is 7.92. The zero-order chi connectivity index (χ0) is 21.2. The lowest BCUT2D eigenvalue weighted by molar-refractivity contribution is 0.0643. The van der Waals surface area contributed by atoms with Crippen molar-refractivity contribution < 1.29 is 13.2 Å². The molecule has 6 nitrogen and oxygen atoms in total. The Hall–Kier alpha value is -2.09. The molecule has 8 heteroatoms. The lowest BCUT2D eigenvalue weighted by Gasteiger charge is -2.34. The van der Waals surface area contributed by atoms with Crippen molar-refractivity contribution in [2.24, 2.45) is 0 Å². The van der Waals surface area contributed by atoms with Gasteiger partial charge in [0.25, 0.3) is 15.9 Å². The number of hydrogen-bond acceptors (Lipinski definition) is 4. The molecule has 0 spiro atoms. The summed E-state index contributed by atoms with van der Waals surface area (Å²) < 4.78 is 28.4. The lowest BCUT2D eigenvalue weighted by atomic mass is 10.1. The van der Waals surface area contributed by atoms with Gasteiger partial charge in [-0.25, -0.2) is 8.42 Å². The molecule has 2 aromatic rings. The van der Waals surface area contributed by atoms with E-state index in [-0.39, 0.29) is 15.8 Å².